The monoisotopic (exact) mass is 738 g/mol. The van der Waals surface area contributed by atoms with Gasteiger partial charge in [-0.2, -0.15) is 13.2 Å². The quantitative estimate of drug-likeness (QED) is 0.0718. The molecule has 10 nitrogen and oxygen atoms in total. The summed E-state index contributed by atoms with van der Waals surface area (Å²) in [6.07, 6.45) is 3.07. The number of allylic oxidation sites excluding steroid dienone is 1. The molecule has 274 valence electrons. The van der Waals surface area contributed by atoms with Crippen LogP contribution < -0.4 is 9.46 Å². The number of unbranched alkanes of at least 4 members (excludes halogenated alkanes) is 1. The highest BCUT2D eigenvalue weighted by Gasteiger charge is 2.62. The van der Waals surface area contributed by atoms with E-state index in [1.807, 2.05) is 25.7 Å². The molecular formula is C35H46ClF3N6O4S. The lowest BCUT2D eigenvalue weighted by Crippen LogP contribution is -2.45. The molecule has 2 aliphatic rings. The summed E-state index contributed by atoms with van der Waals surface area (Å²) in [5.41, 5.74) is -1.66. The number of likely N-dealkylation sites (tertiary alicyclic amines) is 1. The number of nitrogens with one attached hydrogen (secondary N) is 1. The van der Waals surface area contributed by atoms with E-state index in [0.29, 0.717) is 35.4 Å². The van der Waals surface area contributed by atoms with Crippen molar-refractivity contribution in [3.63, 3.8) is 0 Å². The van der Waals surface area contributed by atoms with Gasteiger partial charge in [0.15, 0.2) is 5.82 Å². The van der Waals surface area contributed by atoms with Crippen molar-refractivity contribution in [2.24, 2.45) is 16.3 Å². The van der Waals surface area contributed by atoms with Crippen molar-refractivity contribution in [1.82, 2.24) is 24.4 Å². The fourth-order valence-corrected chi connectivity index (χ4v) is 6.67. The fourth-order valence-electron chi connectivity index (χ4n) is 5.87. The van der Waals surface area contributed by atoms with E-state index in [-0.39, 0.29) is 54.1 Å². The number of pyridine rings is 1. The van der Waals surface area contributed by atoms with Crippen LogP contribution in [0.1, 0.15) is 96.3 Å². The Balaban J connectivity index is 1.20. The number of aromatic nitrogens is 3. The van der Waals surface area contributed by atoms with Gasteiger partial charge in [0.05, 0.1) is 17.6 Å². The Morgan fingerprint density at radius 2 is 1.92 bits per heavy atom. The van der Waals surface area contributed by atoms with Crippen LogP contribution in [0.2, 0.25) is 5.15 Å². The largest absolute Gasteiger partial charge is 0.477 e. The first-order valence-electron chi connectivity index (χ1n) is 16.6. The molecule has 2 amide bonds. The van der Waals surface area contributed by atoms with E-state index in [9.17, 15) is 22.8 Å². The molecule has 2 fully saturated rings. The van der Waals surface area contributed by atoms with Crippen molar-refractivity contribution in [3.8, 4) is 11.7 Å². The summed E-state index contributed by atoms with van der Waals surface area (Å²) < 4.78 is 54.5. The number of nitrogens with zero attached hydrogens (tertiary/aromatic N) is 5. The zero-order valence-corrected chi connectivity index (χ0v) is 30.8. The average molecular weight is 739 g/mol. The second-order valence-electron chi connectivity index (χ2n) is 14.5. The zero-order chi connectivity index (χ0) is 36.9. The van der Waals surface area contributed by atoms with Crippen LogP contribution in [0, 0.1) is 11.3 Å². The summed E-state index contributed by atoms with van der Waals surface area (Å²) >= 11 is 7.31. The van der Waals surface area contributed by atoms with Crippen molar-refractivity contribution >= 4 is 40.6 Å². The number of rotatable bonds is 13. The summed E-state index contributed by atoms with van der Waals surface area (Å²) in [6, 6.07) is 4.55. The van der Waals surface area contributed by atoms with Crippen molar-refractivity contribution < 1.29 is 32.2 Å². The molecule has 4 rings (SSSR count). The molecule has 1 aliphatic heterocycles. The van der Waals surface area contributed by atoms with E-state index >= 15 is 0 Å². The summed E-state index contributed by atoms with van der Waals surface area (Å²) in [4.78, 5) is 36.2. The lowest BCUT2D eigenvalue weighted by molar-refractivity contribution is -0.190. The maximum absolute atomic E-state index is 13.1. The maximum atomic E-state index is 13.1. The number of amides is 2. The van der Waals surface area contributed by atoms with Gasteiger partial charge in [-0.3, -0.25) is 9.52 Å². The number of hydrogen-bond acceptors (Lipinski definition) is 8. The molecular weight excluding hydrogens is 693 g/mol. The number of carbonyl (C=O) groups excluding carboxylic acids is 2. The maximum Gasteiger partial charge on any atom is 0.410 e. The van der Waals surface area contributed by atoms with Crippen LogP contribution in [0.3, 0.4) is 0 Å². The first-order chi connectivity index (χ1) is 23.3. The third-order valence-electron chi connectivity index (χ3n) is 8.76. The third-order valence-corrected chi connectivity index (χ3v) is 9.80. The minimum Gasteiger partial charge on any atom is -0.477 e. The normalized spacial score (nSPS) is 18.5. The highest BCUT2D eigenvalue weighted by molar-refractivity contribution is 8.13. The van der Waals surface area contributed by atoms with Crippen molar-refractivity contribution in [1.29, 1.82) is 0 Å². The molecule has 0 aromatic carbocycles. The molecule has 1 aliphatic carbocycles. The molecule has 2 aromatic rings. The Morgan fingerprint density at radius 1 is 1.20 bits per heavy atom. The van der Waals surface area contributed by atoms with Crippen LogP contribution in [0.15, 0.2) is 54.3 Å². The Morgan fingerprint density at radius 3 is 2.54 bits per heavy atom. The van der Waals surface area contributed by atoms with E-state index in [4.69, 9.17) is 21.1 Å². The van der Waals surface area contributed by atoms with Crippen LogP contribution in [0.4, 0.5) is 18.0 Å². The molecule has 3 heterocycles. The molecule has 1 unspecified atom stereocenters. The van der Waals surface area contributed by atoms with Gasteiger partial charge in [-0.15, -0.1) is 5.10 Å². The van der Waals surface area contributed by atoms with Crippen molar-refractivity contribution in [2.75, 3.05) is 13.2 Å². The van der Waals surface area contributed by atoms with E-state index in [1.165, 1.54) is 35.2 Å². The summed E-state index contributed by atoms with van der Waals surface area (Å²) in [7, 11) is 0. The first-order valence-corrected chi connectivity index (χ1v) is 17.8. The van der Waals surface area contributed by atoms with Crippen LogP contribution in [0.5, 0.6) is 5.88 Å². The summed E-state index contributed by atoms with van der Waals surface area (Å²) in [5, 5.41) is 4.59. The number of alkyl halides is 3. The number of ether oxygens (including phenoxy) is 2. The molecule has 0 spiro atoms. The van der Waals surface area contributed by atoms with E-state index < -0.39 is 23.1 Å². The van der Waals surface area contributed by atoms with Gasteiger partial charge in [0.25, 0.3) is 5.91 Å². The Labute approximate surface area is 301 Å². The second-order valence-corrected chi connectivity index (χ2v) is 15.6. The first kappa shape index (κ1) is 39.3. The summed E-state index contributed by atoms with van der Waals surface area (Å²) in [5.74, 6) is 0.345. The summed E-state index contributed by atoms with van der Waals surface area (Å²) in [6.45, 7) is 18.2. The van der Waals surface area contributed by atoms with Crippen LogP contribution in [0.25, 0.3) is 5.82 Å². The SMILES string of the molecule is C=CC(=NC(=C)CCCCC1CN(C(=O)OC(C)(C)C)C(C)(C)C1)SNC(=O)c1ccc(-n2ccc(OCCC3(C(F)(F)F)CC3)n2)nc1Cl. The van der Waals surface area contributed by atoms with Crippen molar-refractivity contribution in [2.45, 2.75) is 103 Å². The fraction of sp³-hybridized carbons (Fsp3) is 0.571. The Kier molecular flexibility index (Phi) is 12.4. The zero-order valence-electron chi connectivity index (χ0n) is 29.2. The standard InChI is InChI=1S/C35H46ClF3N6O4S/c1-8-28(40-23(2)11-9-10-12-24-21-33(6,7)44(22-24)31(47)49-32(3,4)5)50-43-30(46)25-13-14-26(41-29(25)36)45-19-15-27(42-45)48-20-18-34(16-17-34)35(37,38)39/h8,13-15,19,24H,1-2,9-12,16-18,20-22H2,3-7H3,(H,43,46). The van der Waals surface area contributed by atoms with Gasteiger partial charge in [0.1, 0.15) is 15.8 Å². The molecule has 0 radical (unpaired) electrons. The third kappa shape index (κ3) is 10.5. The predicted octanol–water partition coefficient (Wildman–Crippen LogP) is 9.10. The molecule has 1 saturated carbocycles. The topological polar surface area (TPSA) is 111 Å². The highest BCUT2D eigenvalue weighted by Crippen LogP contribution is 2.59. The Bertz CT molecular complexity index is 1600. The number of carbonyl (C=O) groups is 2. The van der Waals surface area contributed by atoms with E-state index in [1.54, 1.807) is 0 Å². The molecule has 1 saturated heterocycles. The lowest BCUT2D eigenvalue weighted by Gasteiger charge is -2.33. The molecule has 15 heteroatoms. The van der Waals surface area contributed by atoms with Crippen LogP contribution >= 0.6 is 23.5 Å². The highest BCUT2D eigenvalue weighted by atomic mass is 35.5. The van der Waals surface area contributed by atoms with Crippen LogP contribution in [-0.4, -0.2) is 67.2 Å². The minimum atomic E-state index is -4.23. The van der Waals surface area contributed by atoms with Gasteiger partial charge in [-0.05, 0) is 104 Å². The van der Waals surface area contributed by atoms with Gasteiger partial charge in [-0.25, -0.2) is 19.5 Å². The minimum absolute atomic E-state index is 0.0687. The van der Waals surface area contributed by atoms with Gasteiger partial charge in [-0.1, -0.05) is 31.2 Å². The lowest BCUT2D eigenvalue weighted by atomic mass is 9.92. The number of halogens is 4. The molecule has 0 bridgehead atoms. The molecule has 1 N–H and O–H groups in total. The molecule has 2 aromatic heterocycles. The Hall–Kier alpha value is -3.52. The van der Waals surface area contributed by atoms with E-state index in [0.717, 1.165) is 37.6 Å². The predicted molar refractivity (Wildman–Crippen MR) is 190 cm³/mol. The van der Waals surface area contributed by atoms with Gasteiger partial charge >= 0.3 is 12.3 Å². The average Bonchev–Trinajstić information content (AvgIpc) is 3.56. The van der Waals surface area contributed by atoms with Crippen molar-refractivity contribution in [3.05, 3.63) is 60.0 Å². The molecule has 50 heavy (non-hydrogen) atoms. The van der Waals surface area contributed by atoms with Gasteiger partial charge < -0.3 is 14.4 Å². The van der Waals surface area contributed by atoms with Crippen LogP contribution in [-0.2, 0) is 4.74 Å². The molecule has 1 atom stereocenters. The van der Waals surface area contributed by atoms with Gasteiger partial charge in [0, 0.05) is 42.0 Å². The number of hydrogen-bond donors (Lipinski definition) is 1. The number of aliphatic imine (C=N–C) groups is 1. The smallest absolute Gasteiger partial charge is 0.410 e. The van der Waals surface area contributed by atoms with Gasteiger partial charge in [0.2, 0.25) is 5.88 Å². The van der Waals surface area contributed by atoms with E-state index in [2.05, 4.69) is 46.8 Å². The second kappa shape index (κ2) is 15.8.